The highest BCUT2D eigenvalue weighted by molar-refractivity contribution is 7.80. The van der Waals surface area contributed by atoms with Crippen LogP contribution in [0.4, 0.5) is 5.69 Å². The van der Waals surface area contributed by atoms with Crippen LogP contribution in [-0.4, -0.2) is 17.7 Å². The fourth-order valence-electron chi connectivity index (χ4n) is 1.56. The lowest BCUT2D eigenvalue weighted by atomic mass is 10.1. The maximum Gasteiger partial charge on any atom is 0.179 e. The summed E-state index contributed by atoms with van der Waals surface area (Å²) in [7, 11) is 0. The highest BCUT2D eigenvalue weighted by atomic mass is 32.1. The predicted molar refractivity (Wildman–Crippen MR) is 73.2 cm³/mol. The van der Waals surface area contributed by atoms with E-state index in [1.165, 1.54) is 11.1 Å². The molecule has 0 atom stereocenters. The molecule has 0 aliphatic heterocycles. The van der Waals surface area contributed by atoms with E-state index < -0.39 is 0 Å². The molecule has 3 heteroatoms. The number of ether oxygens (including phenoxy) is 1. The zero-order valence-electron chi connectivity index (χ0n) is 10.3. The minimum atomic E-state index is 0.146. The van der Waals surface area contributed by atoms with Crippen LogP contribution in [0.2, 0.25) is 0 Å². The zero-order chi connectivity index (χ0) is 12.1. The van der Waals surface area contributed by atoms with Crippen LogP contribution >= 0.6 is 12.2 Å². The quantitative estimate of drug-likeness (QED) is 0.810. The summed E-state index contributed by atoms with van der Waals surface area (Å²) < 4.78 is 5.42. The average molecular weight is 237 g/mol. The Morgan fingerprint density at radius 2 is 1.88 bits per heavy atom. The first-order valence-electron chi connectivity index (χ1n) is 5.50. The van der Waals surface area contributed by atoms with Gasteiger partial charge in [-0.3, -0.25) is 0 Å². The number of para-hydroxylation sites is 1. The molecular weight excluding hydrogens is 218 g/mol. The van der Waals surface area contributed by atoms with Crippen LogP contribution in [0.3, 0.4) is 0 Å². The molecular formula is C13H19NOS. The van der Waals surface area contributed by atoms with Crippen molar-refractivity contribution in [3.05, 3.63) is 29.3 Å². The van der Waals surface area contributed by atoms with Crippen molar-refractivity contribution < 1.29 is 4.74 Å². The van der Waals surface area contributed by atoms with E-state index in [1.807, 2.05) is 13.8 Å². The van der Waals surface area contributed by atoms with E-state index in [0.717, 1.165) is 5.69 Å². The van der Waals surface area contributed by atoms with Gasteiger partial charge in [0.25, 0.3) is 0 Å². The summed E-state index contributed by atoms with van der Waals surface area (Å²) in [5.74, 6) is 0. The Kier molecular flexibility index (Phi) is 4.74. The summed E-state index contributed by atoms with van der Waals surface area (Å²) in [6, 6.07) is 6.22. The molecule has 0 fully saturated rings. The van der Waals surface area contributed by atoms with Gasteiger partial charge in [0, 0.05) is 5.69 Å². The van der Waals surface area contributed by atoms with Crippen molar-refractivity contribution in [3.8, 4) is 0 Å². The molecule has 0 unspecified atom stereocenters. The summed E-state index contributed by atoms with van der Waals surface area (Å²) in [4.78, 5) is 0. The van der Waals surface area contributed by atoms with Gasteiger partial charge < -0.3 is 10.1 Å². The molecule has 0 heterocycles. The molecule has 0 spiro atoms. The van der Waals surface area contributed by atoms with Crippen LogP contribution in [0.1, 0.15) is 25.0 Å². The lowest BCUT2D eigenvalue weighted by Crippen LogP contribution is -2.19. The molecule has 1 aromatic carbocycles. The maximum atomic E-state index is 5.42. The molecule has 0 bridgehead atoms. The van der Waals surface area contributed by atoms with Crippen molar-refractivity contribution in [2.24, 2.45) is 0 Å². The summed E-state index contributed by atoms with van der Waals surface area (Å²) in [6.07, 6.45) is 0.146. The number of aryl methyl sites for hydroxylation is 2. The fourth-order valence-corrected chi connectivity index (χ4v) is 1.82. The molecule has 88 valence electrons. The normalized spacial score (nSPS) is 10.3. The SMILES string of the molecule is Cc1cccc(C)c1NCC(=S)OC(C)C. The third-order valence-electron chi connectivity index (χ3n) is 2.26. The molecule has 2 nitrogen and oxygen atoms in total. The second-order valence-electron chi connectivity index (χ2n) is 4.16. The molecule has 0 aliphatic rings. The van der Waals surface area contributed by atoms with E-state index in [4.69, 9.17) is 17.0 Å². The minimum Gasteiger partial charge on any atom is -0.483 e. The Morgan fingerprint density at radius 1 is 1.31 bits per heavy atom. The van der Waals surface area contributed by atoms with Gasteiger partial charge in [-0.1, -0.05) is 18.2 Å². The molecule has 0 saturated heterocycles. The molecule has 0 aromatic heterocycles. The summed E-state index contributed by atoms with van der Waals surface area (Å²) in [6.45, 7) is 8.71. The van der Waals surface area contributed by atoms with Gasteiger partial charge in [0.1, 0.15) is 0 Å². The van der Waals surface area contributed by atoms with Crippen LogP contribution in [0.15, 0.2) is 18.2 Å². The van der Waals surface area contributed by atoms with Crippen molar-refractivity contribution >= 4 is 23.0 Å². The van der Waals surface area contributed by atoms with Crippen molar-refractivity contribution in [3.63, 3.8) is 0 Å². The van der Waals surface area contributed by atoms with Gasteiger partial charge in [-0.15, -0.1) is 0 Å². The van der Waals surface area contributed by atoms with Crippen molar-refractivity contribution in [1.82, 2.24) is 0 Å². The lowest BCUT2D eigenvalue weighted by molar-refractivity contribution is 0.232. The van der Waals surface area contributed by atoms with E-state index in [1.54, 1.807) is 0 Å². The number of rotatable bonds is 4. The first-order chi connectivity index (χ1) is 7.50. The van der Waals surface area contributed by atoms with Crippen molar-refractivity contribution in [2.75, 3.05) is 11.9 Å². The number of hydrogen-bond donors (Lipinski definition) is 1. The predicted octanol–water partition coefficient (Wildman–Crippen LogP) is 3.47. The van der Waals surface area contributed by atoms with Crippen molar-refractivity contribution in [2.45, 2.75) is 33.8 Å². The molecule has 1 aromatic rings. The summed E-state index contributed by atoms with van der Waals surface area (Å²) in [5.41, 5.74) is 3.61. The average Bonchev–Trinajstić information content (AvgIpc) is 2.15. The standard InChI is InChI=1S/C13H19NOS/c1-9(2)15-12(16)8-14-13-10(3)6-5-7-11(13)4/h5-7,9,14H,8H2,1-4H3. The van der Waals surface area contributed by atoms with E-state index in [2.05, 4.69) is 37.4 Å². The van der Waals surface area contributed by atoms with Gasteiger partial charge >= 0.3 is 0 Å². The Labute approximate surface area is 103 Å². The number of benzene rings is 1. The largest absolute Gasteiger partial charge is 0.483 e. The highest BCUT2D eigenvalue weighted by Gasteiger charge is 2.04. The van der Waals surface area contributed by atoms with E-state index >= 15 is 0 Å². The van der Waals surface area contributed by atoms with Crippen LogP contribution in [0.25, 0.3) is 0 Å². The Hall–Kier alpha value is -1.09. The summed E-state index contributed by atoms with van der Waals surface area (Å²) in [5, 5.41) is 3.93. The number of hydrogen-bond acceptors (Lipinski definition) is 3. The van der Waals surface area contributed by atoms with E-state index in [9.17, 15) is 0 Å². The summed E-state index contributed by atoms with van der Waals surface area (Å²) >= 11 is 5.13. The molecule has 1 N–H and O–H groups in total. The second-order valence-corrected chi connectivity index (χ2v) is 4.61. The second kappa shape index (κ2) is 5.85. The highest BCUT2D eigenvalue weighted by Crippen LogP contribution is 2.18. The number of thiocarbonyl (C=S) groups is 1. The molecule has 1 rings (SSSR count). The van der Waals surface area contributed by atoms with Crippen LogP contribution in [0.5, 0.6) is 0 Å². The first kappa shape index (κ1) is 13.0. The molecule has 0 saturated carbocycles. The van der Waals surface area contributed by atoms with E-state index in [0.29, 0.717) is 11.6 Å². The van der Waals surface area contributed by atoms with Gasteiger partial charge in [0.15, 0.2) is 5.05 Å². The number of anilines is 1. The molecule has 0 aliphatic carbocycles. The molecule has 0 radical (unpaired) electrons. The molecule has 16 heavy (non-hydrogen) atoms. The van der Waals surface area contributed by atoms with Gasteiger partial charge in [-0.05, 0) is 51.0 Å². The van der Waals surface area contributed by atoms with Crippen LogP contribution in [-0.2, 0) is 4.74 Å². The van der Waals surface area contributed by atoms with Crippen molar-refractivity contribution in [1.29, 1.82) is 0 Å². The minimum absolute atomic E-state index is 0.146. The maximum absolute atomic E-state index is 5.42. The molecule has 0 amide bonds. The van der Waals surface area contributed by atoms with Gasteiger partial charge in [0.2, 0.25) is 0 Å². The third-order valence-corrected chi connectivity index (χ3v) is 2.50. The Balaban J connectivity index is 2.58. The Bertz CT molecular complexity index is 354. The monoisotopic (exact) mass is 237 g/mol. The van der Waals surface area contributed by atoms with Crippen LogP contribution in [0, 0.1) is 13.8 Å². The smallest absolute Gasteiger partial charge is 0.179 e. The zero-order valence-corrected chi connectivity index (χ0v) is 11.1. The van der Waals surface area contributed by atoms with Gasteiger partial charge in [-0.2, -0.15) is 0 Å². The Morgan fingerprint density at radius 3 is 2.38 bits per heavy atom. The fraction of sp³-hybridized carbons (Fsp3) is 0.462. The van der Waals surface area contributed by atoms with Gasteiger partial charge in [0.05, 0.1) is 12.6 Å². The first-order valence-corrected chi connectivity index (χ1v) is 5.91. The van der Waals surface area contributed by atoms with Crippen LogP contribution < -0.4 is 5.32 Å². The van der Waals surface area contributed by atoms with Gasteiger partial charge in [-0.25, -0.2) is 0 Å². The van der Waals surface area contributed by atoms with E-state index in [-0.39, 0.29) is 6.10 Å². The number of nitrogens with one attached hydrogen (secondary N) is 1. The third kappa shape index (κ3) is 3.81. The lowest BCUT2D eigenvalue weighted by Gasteiger charge is -2.15. The topological polar surface area (TPSA) is 21.3 Å².